The predicted molar refractivity (Wildman–Crippen MR) is 90.9 cm³/mol. The Labute approximate surface area is 149 Å². The Morgan fingerprint density at radius 2 is 1.88 bits per heavy atom. The molecule has 0 bridgehead atoms. The lowest BCUT2D eigenvalue weighted by Crippen LogP contribution is -2.38. The molecule has 0 heterocycles. The van der Waals surface area contributed by atoms with E-state index in [-0.39, 0.29) is 6.54 Å². The van der Waals surface area contributed by atoms with Crippen molar-refractivity contribution >= 4 is 29.1 Å². The zero-order valence-corrected chi connectivity index (χ0v) is 14.3. The van der Waals surface area contributed by atoms with E-state index in [0.717, 1.165) is 0 Å². The fourth-order valence-corrected chi connectivity index (χ4v) is 2.24. The van der Waals surface area contributed by atoms with Gasteiger partial charge in [0.25, 0.3) is 5.91 Å². The minimum Gasteiger partial charge on any atom is -0.481 e. The van der Waals surface area contributed by atoms with E-state index < -0.39 is 23.9 Å². The van der Waals surface area contributed by atoms with Crippen LogP contribution in [0, 0.1) is 5.82 Å². The SMILES string of the molecule is CC(Oc1ccc(Cl)c(Cl)c1)C(=O)NCC(O)c1ccc(F)cc1. The van der Waals surface area contributed by atoms with E-state index >= 15 is 0 Å². The fraction of sp³-hybridized carbons (Fsp3) is 0.235. The van der Waals surface area contributed by atoms with Gasteiger partial charge in [-0.25, -0.2) is 4.39 Å². The minimum atomic E-state index is -0.938. The molecule has 128 valence electrons. The van der Waals surface area contributed by atoms with Crippen LogP contribution in [0.5, 0.6) is 5.75 Å². The summed E-state index contributed by atoms with van der Waals surface area (Å²) in [5.74, 6) is -0.382. The molecule has 7 heteroatoms. The van der Waals surface area contributed by atoms with Crippen molar-refractivity contribution in [3.8, 4) is 5.75 Å². The predicted octanol–water partition coefficient (Wildman–Crippen LogP) is 3.75. The van der Waals surface area contributed by atoms with Crippen LogP contribution in [0.2, 0.25) is 10.0 Å². The largest absolute Gasteiger partial charge is 0.481 e. The molecule has 24 heavy (non-hydrogen) atoms. The molecule has 0 saturated heterocycles. The average Bonchev–Trinajstić information content (AvgIpc) is 2.56. The topological polar surface area (TPSA) is 58.6 Å². The zero-order valence-electron chi connectivity index (χ0n) is 12.8. The molecule has 0 aliphatic rings. The van der Waals surface area contributed by atoms with Gasteiger partial charge < -0.3 is 15.2 Å². The van der Waals surface area contributed by atoms with Crippen LogP contribution in [-0.4, -0.2) is 23.7 Å². The lowest BCUT2D eigenvalue weighted by atomic mass is 10.1. The lowest BCUT2D eigenvalue weighted by Gasteiger charge is -2.17. The highest BCUT2D eigenvalue weighted by atomic mass is 35.5. The van der Waals surface area contributed by atoms with E-state index in [1.807, 2.05) is 0 Å². The van der Waals surface area contributed by atoms with Gasteiger partial charge in [-0.3, -0.25) is 4.79 Å². The van der Waals surface area contributed by atoms with Gasteiger partial charge in [-0.1, -0.05) is 35.3 Å². The highest BCUT2D eigenvalue weighted by molar-refractivity contribution is 6.42. The Bertz CT molecular complexity index is 709. The van der Waals surface area contributed by atoms with Gasteiger partial charge in [0.1, 0.15) is 11.6 Å². The number of ether oxygens (including phenoxy) is 1. The summed E-state index contributed by atoms with van der Waals surface area (Å²) in [6.45, 7) is 1.56. The summed E-state index contributed by atoms with van der Waals surface area (Å²) < 4.78 is 18.3. The van der Waals surface area contributed by atoms with Crippen LogP contribution >= 0.6 is 23.2 Å². The van der Waals surface area contributed by atoms with Crippen molar-refractivity contribution in [3.63, 3.8) is 0 Å². The van der Waals surface area contributed by atoms with Crippen LogP contribution in [0.25, 0.3) is 0 Å². The van der Waals surface area contributed by atoms with Gasteiger partial charge in [0.05, 0.1) is 16.1 Å². The van der Waals surface area contributed by atoms with Gasteiger partial charge in [-0.05, 0) is 36.8 Å². The van der Waals surface area contributed by atoms with Crippen LogP contribution in [0.4, 0.5) is 4.39 Å². The van der Waals surface area contributed by atoms with Crippen molar-refractivity contribution in [3.05, 3.63) is 63.9 Å². The molecule has 0 fully saturated rings. The van der Waals surface area contributed by atoms with Crippen molar-refractivity contribution in [1.82, 2.24) is 5.32 Å². The second kappa shape index (κ2) is 8.33. The fourth-order valence-electron chi connectivity index (χ4n) is 1.95. The van der Waals surface area contributed by atoms with Crippen molar-refractivity contribution < 1.29 is 19.0 Å². The maximum atomic E-state index is 12.8. The number of rotatable bonds is 6. The van der Waals surface area contributed by atoms with Crippen molar-refractivity contribution in [2.24, 2.45) is 0 Å². The first-order valence-electron chi connectivity index (χ1n) is 7.19. The van der Waals surface area contributed by atoms with Crippen LogP contribution in [0.1, 0.15) is 18.6 Å². The second-order valence-corrected chi connectivity index (χ2v) is 5.96. The summed E-state index contributed by atoms with van der Waals surface area (Å²) in [7, 11) is 0. The summed E-state index contributed by atoms with van der Waals surface area (Å²) in [6, 6.07) is 10.1. The molecule has 0 aliphatic heterocycles. The third-order valence-corrected chi connectivity index (χ3v) is 4.04. The van der Waals surface area contributed by atoms with Crippen molar-refractivity contribution in [2.75, 3.05) is 6.54 Å². The van der Waals surface area contributed by atoms with Crippen LogP contribution in [0.3, 0.4) is 0 Å². The van der Waals surface area contributed by atoms with Gasteiger partial charge in [0, 0.05) is 12.6 Å². The van der Waals surface area contributed by atoms with Gasteiger partial charge in [0.2, 0.25) is 0 Å². The van der Waals surface area contributed by atoms with E-state index in [4.69, 9.17) is 27.9 Å². The molecular formula is C17H16Cl2FNO3. The molecule has 0 aliphatic carbocycles. The minimum absolute atomic E-state index is 0.0143. The third-order valence-electron chi connectivity index (χ3n) is 3.30. The van der Waals surface area contributed by atoms with Crippen LogP contribution < -0.4 is 10.1 Å². The number of nitrogens with one attached hydrogen (secondary N) is 1. The third kappa shape index (κ3) is 5.09. The first kappa shape index (κ1) is 18.5. The first-order chi connectivity index (χ1) is 11.4. The summed E-state index contributed by atoms with van der Waals surface area (Å²) in [6.07, 6.45) is -1.73. The number of carbonyl (C=O) groups excluding carboxylic acids is 1. The summed E-state index contributed by atoms with van der Waals surface area (Å²) in [5.41, 5.74) is 0.509. The normalized spacial score (nSPS) is 13.2. The molecule has 0 radical (unpaired) electrons. The molecule has 2 N–H and O–H groups in total. The molecule has 0 saturated carbocycles. The van der Waals surface area contributed by atoms with Crippen molar-refractivity contribution in [1.29, 1.82) is 0 Å². The molecular weight excluding hydrogens is 356 g/mol. The Morgan fingerprint density at radius 3 is 2.50 bits per heavy atom. The molecule has 0 aromatic heterocycles. The van der Waals surface area contributed by atoms with E-state index in [0.29, 0.717) is 21.4 Å². The second-order valence-electron chi connectivity index (χ2n) is 5.15. The highest BCUT2D eigenvalue weighted by Gasteiger charge is 2.17. The number of hydrogen-bond acceptors (Lipinski definition) is 3. The first-order valence-corrected chi connectivity index (χ1v) is 7.95. The number of aliphatic hydroxyl groups excluding tert-OH is 1. The molecule has 2 aromatic rings. The van der Waals surface area contributed by atoms with Crippen molar-refractivity contribution in [2.45, 2.75) is 19.1 Å². The molecule has 2 aromatic carbocycles. The quantitative estimate of drug-likeness (QED) is 0.812. The van der Waals surface area contributed by atoms with E-state index in [9.17, 15) is 14.3 Å². The number of benzene rings is 2. The molecule has 2 unspecified atom stereocenters. The van der Waals surface area contributed by atoms with E-state index in [1.165, 1.54) is 30.3 Å². The Kier molecular flexibility index (Phi) is 6.43. The number of halogens is 3. The molecule has 0 spiro atoms. The number of aliphatic hydroxyl groups is 1. The van der Waals surface area contributed by atoms with Gasteiger partial charge >= 0.3 is 0 Å². The van der Waals surface area contributed by atoms with E-state index in [1.54, 1.807) is 19.1 Å². The Balaban J connectivity index is 1.86. The molecule has 2 rings (SSSR count). The van der Waals surface area contributed by atoms with Crippen LogP contribution in [-0.2, 0) is 4.79 Å². The highest BCUT2D eigenvalue weighted by Crippen LogP contribution is 2.26. The average molecular weight is 372 g/mol. The monoisotopic (exact) mass is 371 g/mol. The van der Waals surface area contributed by atoms with Gasteiger partial charge in [-0.2, -0.15) is 0 Å². The lowest BCUT2D eigenvalue weighted by molar-refractivity contribution is -0.127. The number of amides is 1. The smallest absolute Gasteiger partial charge is 0.260 e. The maximum Gasteiger partial charge on any atom is 0.260 e. The molecule has 1 amide bonds. The molecule has 4 nitrogen and oxygen atoms in total. The Morgan fingerprint density at radius 1 is 1.21 bits per heavy atom. The summed E-state index contributed by atoms with van der Waals surface area (Å²) in [4.78, 5) is 12.0. The maximum absolute atomic E-state index is 12.8. The summed E-state index contributed by atoms with van der Waals surface area (Å²) in [5, 5.41) is 13.3. The van der Waals surface area contributed by atoms with Crippen LogP contribution in [0.15, 0.2) is 42.5 Å². The standard InChI is InChI=1S/C17H16Cl2FNO3/c1-10(24-13-6-7-14(18)15(19)8-13)17(23)21-9-16(22)11-2-4-12(20)5-3-11/h2-8,10,16,22H,9H2,1H3,(H,21,23). The number of hydrogen-bond donors (Lipinski definition) is 2. The molecule has 2 atom stereocenters. The van der Waals surface area contributed by atoms with Gasteiger partial charge in [0.15, 0.2) is 6.10 Å². The Hall–Kier alpha value is -1.82. The summed E-state index contributed by atoms with van der Waals surface area (Å²) >= 11 is 11.7. The van der Waals surface area contributed by atoms with Gasteiger partial charge in [-0.15, -0.1) is 0 Å². The number of carbonyl (C=O) groups is 1. The van der Waals surface area contributed by atoms with E-state index in [2.05, 4.69) is 5.32 Å². The zero-order chi connectivity index (χ0) is 17.7.